The van der Waals surface area contributed by atoms with E-state index in [0.29, 0.717) is 6.54 Å². The third kappa shape index (κ3) is 6.36. The van der Waals surface area contributed by atoms with Crippen molar-refractivity contribution in [2.75, 3.05) is 27.2 Å². The summed E-state index contributed by atoms with van der Waals surface area (Å²) in [5.41, 5.74) is 5.60. The molecule has 0 rings (SSSR count). The molecule has 0 saturated carbocycles. The minimum Gasteiger partial charge on any atom is -0.481 e. The lowest BCUT2D eigenvalue weighted by Gasteiger charge is -2.20. The smallest absolute Gasteiger partial charge is 0.303 e. The van der Waals surface area contributed by atoms with Crippen molar-refractivity contribution in [2.45, 2.75) is 25.3 Å². The van der Waals surface area contributed by atoms with Crippen LogP contribution in [-0.2, 0) is 9.59 Å². The molecule has 0 aliphatic rings. The number of rotatable bonds is 8. The third-order valence-electron chi connectivity index (χ3n) is 2.28. The number of carbonyl (C=O) groups is 2. The number of nitrogens with zero attached hydrogens (tertiary/aromatic N) is 1. The van der Waals surface area contributed by atoms with Crippen LogP contribution in [0.2, 0.25) is 0 Å². The predicted octanol–water partition coefficient (Wildman–Crippen LogP) is -0.754. The first-order valence-corrected chi connectivity index (χ1v) is 5.36. The average molecular weight is 231 g/mol. The number of hydrogen-bond donors (Lipinski definition) is 3. The number of hydrogen-bond acceptors (Lipinski definition) is 4. The van der Waals surface area contributed by atoms with E-state index in [1.807, 2.05) is 7.05 Å². The summed E-state index contributed by atoms with van der Waals surface area (Å²) in [6.07, 6.45) is 0.964. The van der Waals surface area contributed by atoms with E-state index in [1.54, 1.807) is 11.9 Å². The van der Waals surface area contributed by atoms with Gasteiger partial charge in [0.05, 0.1) is 6.04 Å². The molecule has 6 heteroatoms. The van der Waals surface area contributed by atoms with Crippen molar-refractivity contribution in [1.29, 1.82) is 0 Å². The van der Waals surface area contributed by atoms with Gasteiger partial charge in [0.2, 0.25) is 5.91 Å². The molecule has 16 heavy (non-hydrogen) atoms. The van der Waals surface area contributed by atoms with Gasteiger partial charge in [-0.2, -0.15) is 0 Å². The van der Waals surface area contributed by atoms with Crippen LogP contribution in [0.1, 0.15) is 19.3 Å². The molecular weight excluding hydrogens is 210 g/mol. The lowest BCUT2D eigenvalue weighted by molar-refractivity contribution is -0.137. The summed E-state index contributed by atoms with van der Waals surface area (Å²) in [7, 11) is 3.53. The van der Waals surface area contributed by atoms with Crippen molar-refractivity contribution in [3.63, 3.8) is 0 Å². The lowest BCUT2D eigenvalue weighted by Crippen LogP contribution is -2.42. The summed E-state index contributed by atoms with van der Waals surface area (Å²) >= 11 is 0. The Balaban J connectivity index is 3.86. The van der Waals surface area contributed by atoms with Crippen LogP contribution in [0.25, 0.3) is 0 Å². The summed E-state index contributed by atoms with van der Waals surface area (Å²) < 4.78 is 0. The first-order chi connectivity index (χ1) is 7.49. The highest BCUT2D eigenvalue weighted by Crippen LogP contribution is 1.99. The highest BCUT2D eigenvalue weighted by Gasteiger charge is 2.18. The van der Waals surface area contributed by atoms with Gasteiger partial charge in [0, 0.05) is 20.0 Å². The van der Waals surface area contributed by atoms with E-state index < -0.39 is 12.0 Å². The van der Waals surface area contributed by atoms with Crippen molar-refractivity contribution < 1.29 is 14.7 Å². The highest BCUT2D eigenvalue weighted by molar-refractivity contribution is 5.82. The zero-order chi connectivity index (χ0) is 12.6. The molecular formula is C10H21N3O3. The van der Waals surface area contributed by atoms with E-state index in [-0.39, 0.29) is 18.7 Å². The molecule has 0 aromatic carbocycles. The van der Waals surface area contributed by atoms with E-state index in [1.165, 1.54) is 0 Å². The van der Waals surface area contributed by atoms with Gasteiger partial charge < -0.3 is 21.1 Å². The number of carbonyl (C=O) groups excluding carboxylic acids is 1. The van der Waals surface area contributed by atoms with Crippen molar-refractivity contribution in [3.05, 3.63) is 0 Å². The second kappa shape index (κ2) is 8.06. The first kappa shape index (κ1) is 14.9. The van der Waals surface area contributed by atoms with E-state index in [4.69, 9.17) is 10.8 Å². The van der Waals surface area contributed by atoms with Gasteiger partial charge in [-0.3, -0.25) is 9.59 Å². The predicted molar refractivity (Wildman–Crippen MR) is 61.0 cm³/mol. The molecule has 0 heterocycles. The molecule has 0 aromatic rings. The molecule has 4 N–H and O–H groups in total. The number of amides is 1. The molecule has 1 amide bonds. The number of carboxylic acid groups (broad SMARTS) is 1. The Morgan fingerprint density at radius 3 is 2.62 bits per heavy atom. The zero-order valence-corrected chi connectivity index (χ0v) is 9.90. The maximum Gasteiger partial charge on any atom is 0.303 e. The van der Waals surface area contributed by atoms with Crippen LogP contribution in [0.15, 0.2) is 0 Å². The molecule has 94 valence electrons. The number of likely N-dealkylation sites (N-methyl/N-ethyl adjacent to an activating group) is 1. The summed E-state index contributed by atoms with van der Waals surface area (Å²) in [5.74, 6) is -1.13. The van der Waals surface area contributed by atoms with E-state index in [9.17, 15) is 9.59 Å². The molecule has 0 saturated heterocycles. The second-order valence-corrected chi connectivity index (χ2v) is 3.76. The normalized spacial score (nSPS) is 12.2. The molecule has 0 radical (unpaired) electrons. The van der Waals surface area contributed by atoms with Gasteiger partial charge in [-0.1, -0.05) is 0 Å². The molecule has 0 bridgehead atoms. The van der Waals surface area contributed by atoms with Crippen molar-refractivity contribution in [3.8, 4) is 0 Å². The van der Waals surface area contributed by atoms with Crippen molar-refractivity contribution in [1.82, 2.24) is 10.2 Å². The van der Waals surface area contributed by atoms with Crippen LogP contribution < -0.4 is 11.1 Å². The molecule has 1 unspecified atom stereocenters. The Morgan fingerprint density at radius 2 is 2.12 bits per heavy atom. The minimum absolute atomic E-state index is 0.0722. The molecule has 0 fully saturated rings. The molecule has 0 spiro atoms. The van der Waals surface area contributed by atoms with Gasteiger partial charge >= 0.3 is 5.97 Å². The van der Waals surface area contributed by atoms with Gasteiger partial charge in [-0.25, -0.2) is 0 Å². The van der Waals surface area contributed by atoms with Gasteiger partial charge in [0.1, 0.15) is 0 Å². The Morgan fingerprint density at radius 1 is 1.50 bits per heavy atom. The largest absolute Gasteiger partial charge is 0.481 e. The number of nitrogens with one attached hydrogen (secondary N) is 1. The number of nitrogens with two attached hydrogens (primary N) is 1. The van der Waals surface area contributed by atoms with Crippen LogP contribution >= 0.6 is 0 Å². The Kier molecular flexibility index (Phi) is 7.49. The highest BCUT2D eigenvalue weighted by atomic mass is 16.4. The molecule has 0 aliphatic heterocycles. The quantitative estimate of drug-likeness (QED) is 0.478. The fourth-order valence-electron chi connectivity index (χ4n) is 1.29. The first-order valence-electron chi connectivity index (χ1n) is 5.36. The molecule has 0 aromatic heterocycles. The topological polar surface area (TPSA) is 95.7 Å². The van der Waals surface area contributed by atoms with Crippen molar-refractivity contribution in [2.24, 2.45) is 5.73 Å². The average Bonchev–Trinajstić information content (AvgIpc) is 2.24. The monoisotopic (exact) mass is 231 g/mol. The summed E-state index contributed by atoms with van der Waals surface area (Å²) in [5, 5.41) is 11.5. The maximum atomic E-state index is 11.6. The number of carboxylic acids is 1. The van der Waals surface area contributed by atoms with Gasteiger partial charge in [0.15, 0.2) is 0 Å². The Bertz CT molecular complexity index is 233. The van der Waals surface area contributed by atoms with Gasteiger partial charge in [-0.15, -0.1) is 0 Å². The fourth-order valence-corrected chi connectivity index (χ4v) is 1.29. The van der Waals surface area contributed by atoms with Crippen molar-refractivity contribution >= 4 is 11.9 Å². The second-order valence-electron chi connectivity index (χ2n) is 3.76. The zero-order valence-electron chi connectivity index (χ0n) is 9.90. The standard InChI is InChI=1S/C10H21N3O3/c1-12-6-3-7-13(2)10(16)8(11)4-5-9(14)15/h8,12H,3-7,11H2,1-2H3,(H,14,15). The number of aliphatic carboxylic acids is 1. The van der Waals surface area contributed by atoms with Gasteiger partial charge in [0.25, 0.3) is 0 Å². The van der Waals surface area contributed by atoms with E-state index >= 15 is 0 Å². The molecule has 1 atom stereocenters. The van der Waals surface area contributed by atoms with E-state index in [0.717, 1.165) is 13.0 Å². The van der Waals surface area contributed by atoms with Crippen LogP contribution in [0.3, 0.4) is 0 Å². The van der Waals surface area contributed by atoms with Crippen LogP contribution in [0, 0.1) is 0 Å². The van der Waals surface area contributed by atoms with Gasteiger partial charge in [-0.05, 0) is 26.4 Å². The molecule has 6 nitrogen and oxygen atoms in total. The third-order valence-corrected chi connectivity index (χ3v) is 2.28. The molecule has 0 aliphatic carbocycles. The van der Waals surface area contributed by atoms with Crippen LogP contribution in [0.5, 0.6) is 0 Å². The summed E-state index contributed by atoms with van der Waals surface area (Å²) in [6, 6.07) is -0.712. The minimum atomic E-state index is -0.930. The van der Waals surface area contributed by atoms with Crippen LogP contribution in [0.4, 0.5) is 0 Å². The SMILES string of the molecule is CNCCCN(C)C(=O)C(N)CCC(=O)O. The Hall–Kier alpha value is -1.14. The maximum absolute atomic E-state index is 11.6. The summed E-state index contributed by atoms with van der Waals surface area (Å²) in [6.45, 7) is 1.46. The van der Waals surface area contributed by atoms with Crippen LogP contribution in [-0.4, -0.2) is 55.1 Å². The Labute approximate surface area is 95.8 Å². The lowest BCUT2D eigenvalue weighted by atomic mass is 10.1. The van der Waals surface area contributed by atoms with E-state index in [2.05, 4.69) is 5.32 Å². The summed E-state index contributed by atoms with van der Waals surface area (Å²) in [4.78, 5) is 23.5. The fraction of sp³-hybridized carbons (Fsp3) is 0.800.